The maximum absolute atomic E-state index is 12.4. The number of ether oxygens (including phenoxy) is 1. The van der Waals surface area contributed by atoms with E-state index in [9.17, 15) is 9.59 Å². The SMILES string of the molecule is CC1(C)CC2CC(=O)CN1N2C(=O)OCc1ccccc1. The van der Waals surface area contributed by atoms with Gasteiger partial charge in [-0.05, 0) is 25.8 Å². The van der Waals surface area contributed by atoms with Crippen LogP contribution in [0.25, 0.3) is 0 Å². The molecule has 21 heavy (non-hydrogen) atoms. The third-order valence-electron chi connectivity index (χ3n) is 4.22. The first-order valence-electron chi connectivity index (χ1n) is 7.26. The molecule has 2 bridgehead atoms. The molecule has 2 aliphatic rings. The molecule has 0 aromatic heterocycles. The number of hydrazine groups is 1. The predicted molar refractivity (Wildman–Crippen MR) is 77.3 cm³/mol. The molecule has 0 N–H and O–H groups in total. The van der Waals surface area contributed by atoms with Gasteiger partial charge in [-0.1, -0.05) is 30.3 Å². The van der Waals surface area contributed by atoms with E-state index in [4.69, 9.17) is 4.74 Å². The molecule has 5 nitrogen and oxygen atoms in total. The average molecular weight is 288 g/mol. The molecule has 2 heterocycles. The van der Waals surface area contributed by atoms with Gasteiger partial charge in [-0.3, -0.25) is 4.79 Å². The summed E-state index contributed by atoms with van der Waals surface area (Å²) in [5.74, 6) is 0.192. The predicted octanol–water partition coefficient (Wildman–Crippen LogP) is 2.37. The smallest absolute Gasteiger partial charge is 0.425 e. The molecule has 1 aromatic rings. The number of ketones is 1. The minimum Gasteiger partial charge on any atom is -0.444 e. The topological polar surface area (TPSA) is 49.9 Å². The molecule has 5 heteroatoms. The van der Waals surface area contributed by atoms with E-state index in [1.165, 1.54) is 0 Å². The highest BCUT2D eigenvalue weighted by molar-refractivity contribution is 5.84. The van der Waals surface area contributed by atoms with Crippen LogP contribution in [0.3, 0.4) is 0 Å². The van der Waals surface area contributed by atoms with Crippen LogP contribution in [0, 0.1) is 0 Å². The van der Waals surface area contributed by atoms with Crippen LogP contribution in [0.4, 0.5) is 4.79 Å². The Hall–Kier alpha value is -1.88. The van der Waals surface area contributed by atoms with Crippen LogP contribution in [0.1, 0.15) is 32.3 Å². The number of hydrogen-bond donors (Lipinski definition) is 0. The molecule has 0 radical (unpaired) electrons. The van der Waals surface area contributed by atoms with Gasteiger partial charge in [0.1, 0.15) is 6.61 Å². The molecule has 2 unspecified atom stereocenters. The van der Waals surface area contributed by atoms with Crippen LogP contribution in [0.15, 0.2) is 30.3 Å². The van der Waals surface area contributed by atoms with Crippen LogP contribution in [-0.2, 0) is 16.1 Å². The Labute approximate surface area is 124 Å². The van der Waals surface area contributed by atoms with Gasteiger partial charge < -0.3 is 4.74 Å². The van der Waals surface area contributed by atoms with Crippen LogP contribution in [-0.4, -0.2) is 40.0 Å². The lowest BCUT2D eigenvalue weighted by molar-refractivity contribution is -0.135. The minimum atomic E-state index is -0.359. The molecule has 1 aromatic carbocycles. The average Bonchev–Trinajstić information content (AvgIpc) is 2.61. The van der Waals surface area contributed by atoms with Gasteiger partial charge in [0, 0.05) is 12.0 Å². The summed E-state index contributed by atoms with van der Waals surface area (Å²) in [6.07, 6.45) is 0.876. The molecule has 1 amide bonds. The number of fused-ring (bicyclic) bond motifs is 2. The van der Waals surface area contributed by atoms with Crippen LogP contribution >= 0.6 is 0 Å². The zero-order valence-corrected chi connectivity index (χ0v) is 12.4. The lowest BCUT2D eigenvalue weighted by atomic mass is 9.98. The van der Waals surface area contributed by atoms with Gasteiger partial charge in [0.05, 0.1) is 12.6 Å². The van der Waals surface area contributed by atoms with Gasteiger partial charge in [-0.25, -0.2) is 14.8 Å². The summed E-state index contributed by atoms with van der Waals surface area (Å²) >= 11 is 0. The maximum Gasteiger partial charge on any atom is 0.425 e. The van der Waals surface area contributed by atoms with E-state index in [0.717, 1.165) is 12.0 Å². The molecule has 0 saturated carbocycles. The Bertz CT molecular complexity index is 556. The fourth-order valence-electron chi connectivity index (χ4n) is 3.23. The van der Waals surface area contributed by atoms with E-state index in [1.54, 1.807) is 5.01 Å². The second-order valence-corrected chi connectivity index (χ2v) is 6.36. The Morgan fingerprint density at radius 2 is 2.05 bits per heavy atom. The Morgan fingerprint density at radius 1 is 1.33 bits per heavy atom. The van der Waals surface area contributed by atoms with Crippen molar-refractivity contribution in [2.24, 2.45) is 0 Å². The van der Waals surface area contributed by atoms with Gasteiger partial charge >= 0.3 is 6.09 Å². The molecule has 112 valence electrons. The molecule has 0 spiro atoms. The van der Waals surface area contributed by atoms with E-state index in [0.29, 0.717) is 13.0 Å². The zero-order chi connectivity index (χ0) is 15.0. The summed E-state index contributed by atoms with van der Waals surface area (Å²) in [5.41, 5.74) is 0.781. The normalized spacial score (nSPS) is 26.8. The monoisotopic (exact) mass is 288 g/mol. The summed E-state index contributed by atoms with van der Waals surface area (Å²) < 4.78 is 5.41. The van der Waals surface area contributed by atoms with Gasteiger partial charge in [0.2, 0.25) is 0 Å². The maximum atomic E-state index is 12.4. The van der Waals surface area contributed by atoms with Gasteiger partial charge in [-0.15, -0.1) is 0 Å². The fourth-order valence-corrected chi connectivity index (χ4v) is 3.23. The summed E-state index contributed by atoms with van der Waals surface area (Å²) in [6, 6.07) is 9.54. The second kappa shape index (κ2) is 5.15. The molecule has 2 atom stereocenters. The van der Waals surface area contributed by atoms with Crippen LogP contribution < -0.4 is 0 Å². The van der Waals surface area contributed by atoms with Crippen molar-refractivity contribution in [2.45, 2.75) is 44.9 Å². The molecular formula is C16H20N2O3. The van der Waals surface area contributed by atoms with E-state index in [2.05, 4.69) is 13.8 Å². The first-order valence-corrected chi connectivity index (χ1v) is 7.26. The highest BCUT2D eigenvalue weighted by Gasteiger charge is 2.51. The number of Topliss-reactive ketones (excluding diaryl/α,β-unsaturated/α-hetero) is 1. The van der Waals surface area contributed by atoms with E-state index in [-0.39, 0.29) is 30.1 Å². The summed E-state index contributed by atoms with van der Waals surface area (Å²) in [4.78, 5) is 24.1. The summed E-state index contributed by atoms with van der Waals surface area (Å²) in [6.45, 7) is 4.67. The summed E-state index contributed by atoms with van der Waals surface area (Å²) in [5, 5.41) is 3.50. The molecule has 3 rings (SSSR count). The second-order valence-electron chi connectivity index (χ2n) is 6.36. The van der Waals surface area contributed by atoms with E-state index < -0.39 is 0 Å². The minimum absolute atomic E-state index is 0.0653. The Balaban J connectivity index is 1.69. The van der Waals surface area contributed by atoms with Crippen molar-refractivity contribution in [3.8, 4) is 0 Å². The highest BCUT2D eigenvalue weighted by Crippen LogP contribution is 2.38. The van der Waals surface area contributed by atoms with Gasteiger partial charge in [-0.2, -0.15) is 0 Å². The first kappa shape index (κ1) is 14.1. The molecular weight excluding hydrogens is 268 g/mol. The Kier molecular flexibility index (Phi) is 3.45. The Morgan fingerprint density at radius 3 is 2.71 bits per heavy atom. The number of carbonyl (C=O) groups excluding carboxylic acids is 2. The van der Waals surface area contributed by atoms with Gasteiger partial charge in [0.15, 0.2) is 5.78 Å². The van der Waals surface area contributed by atoms with Gasteiger partial charge in [0.25, 0.3) is 0 Å². The summed E-state index contributed by atoms with van der Waals surface area (Å²) in [7, 11) is 0. The first-order chi connectivity index (χ1) is 9.97. The van der Waals surface area contributed by atoms with Crippen molar-refractivity contribution in [1.82, 2.24) is 10.0 Å². The molecule has 0 aliphatic carbocycles. The van der Waals surface area contributed by atoms with Crippen molar-refractivity contribution in [2.75, 3.05) is 6.54 Å². The number of hydrogen-bond acceptors (Lipinski definition) is 4. The standard InChI is InChI=1S/C16H20N2O3/c1-16(2)9-13-8-14(19)10-17(16)18(13)15(20)21-11-12-6-4-3-5-7-12/h3-7,13H,8-11H2,1-2H3. The lowest BCUT2D eigenvalue weighted by Crippen LogP contribution is -2.56. The van der Waals surface area contributed by atoms with Crippen molar-refractivity contribution >= 4 is 11.9 Å². The zero-order valence-electron chi connectivity index (χ0n) is 12.4. The highest BCUT2D eigenvalue weighted by atomic mass is 16.6. The number of carbonyl (C=O) groups is 2. The molecule has 2 fully saturated rings. The lowest BCUT2D eigenvalue weighted by Gasteiger charge is -2.39. The molecule has 2 saturated heterocycles. The molecule has 2 aliphatic heterocycles. The van der Waals surface area contributed by atoms with Crippen LogP contribution in [0.2, 0.25) is 0 Å². The third kappa shape index (κ3) is 2.65. The van der Waals surface area contributed by atoms with Crippen molar-refractivity contribution in [1.29, 1.82) is 0 Å². The fraction of sp³-hybridized carbons (Fsp3) is 0.500. The number of benzene rings is 1. The van der Waals surface area contributed by atoms with Crippen molar-refractivity contribution in [3.05, 3.63) is 35.9 Å². The largest absolute Gasteiger partial charge is 0.444 e. The number of rotatable bonds is 2. The van der Waals surface area contributed by atoms with E-state index >= 15 is 0 Å². The van der Waals surface area contributed by atoms with E-state index in [1.807, 2.05) is 35.3 Å². The quantitative estimate of drug-likeness (QED) is 0.838. The van der Waals surface area contributed by atoms with Crippen molar-refractivity contribution < 1.29 is 14.3 Å². The van der Waals surface area contributed by atoms with Crippen molar-refractivity contribution in [3.63, 3.8) is 0 Å². The van der Waals surface area contributed by atoms with Crippen LogP contribution in [0.5, 0.6) is 0 Å². The number of nitrogens with zero attached hydrogens (tertiary/aromatic N) is 2. The number of amides is 1. The third-order valence-corrected chi connectivity index (χ3v) is 4.22.